The molecule has 0 amide bonds. The van der Waals surface area contributed by atoms with Gasteiger partial charge in [-0.2, -0.15) is 0 Å². The normalized spacial score (nSPS) is 17.2. The first-order valence-electron chi connectivity index (χ1n) is 5.69. The summed E-state index contributed by atoms with van der Waals surface area (Å²) in [6.45, 7) is 3.49. The van der Waals surface area contributed by atoms with Gasteiger partial charge in [-0.3, -0.25) is 4.79 Å². The molecule has 1 saturated heterocycles. The van der Waals surface area contributed by atoms with Gasteiger partial charge in [0.1, 0.15) is 5.82 Å². The lowest BCUT2D eigenvalue weighted by Gasteiger charge is -2.31. The van der Waals surface area contributed by atoms with E-state index in [9.17, 15) is 4.79 Å². The van der Waals surface area contributed by atoms with Crippen LogP contribution >= 0.6 is 15.9 Å². The van der Waals surface area contributed by atoms with Gasteiger partial charge < -0.3 is 10.0 Å². The van der Waals surface area contributed by atoms with Crippen LogP contribution in [-0.4, -0.2) is 29.1 Å². The molecule has 1 aromatic rings. The van der Waals surface area contributed by atoms with Crippen LogP contribution in [0.3, 0.4) is 0 Å². The second kappa shape index (κ2) is 5.04. The minimum Gasteiger partial charge on any atom is -0.481 e. The number of aromatic nitrogens is 1. The predicted octanol–water partition coefficient (Wildman–Crippen LogP) is 2.45. The van der Waals surface area contributed by atoms with E-state index in [2.05, 4.69) is 25.8 Å². The molecule has 0 radical (unpaired) electrons. The number of nitrogens with zero attached hydrogens (tertiary/aromatic N) is 2. The van der Waals surface area contributed by atoms with Crippen LogP contribution < -0.4 is 4.90 Å². The Morgan fingerprint density at radius 1 is 1.47 bits per heavy atom. The molecule has 1 fully saturated rings. The first-order chi connectivity index (χ1) is 8.08. The van der Waals surface area contributed by atoms with Crippen molar-refractivity contribution < 1.29 is 9.90 Å². The van der Waals surface area contributed by atoms with Gasteiger partial charge in [-0.05, 0) is 47.8 Å². The molecule has 1 aliphatic heterocycles. The first-order valence-corrected chi connectivity index (χ1v) is 6.48. The minimum absolute atomic E-state index is 0.192. The van der Waals surface area contributed by atoms with Gasteiger partial charge in [0.25, 0.3) is 0 Å². The lowest BCUT2D eigenvalue weighted by molar-refractivity contribution is -0.142. The number of anilines is 1. The maximum atomic E-state index is 10.9. The molecule has 4 nitrogen and oxygen atoms in total. The Kier molecular flexibility index (Phi) is 3.66. The summed E-state index contributed by atoms with van der Waals surface area (Å²) in [6.07, 6.45) is 1.40. The largest absolute Gasteiger partial charge is 0.481 e. The third-order valence-electron chi connectivity index (χ3n) is 3.17. The molecule has 5 heteroatoms. The summed E-state index contributed by atoms with van der Waals surface area (Å²) in [7, 11) is 0. The fraction of sp³-hybridized carbons (Fsp3) is 0.500. The van der Waals surface area contributed by atoms with Crippen LogP contribution in [0.25, 0.3) is 0 Å². The van der Waals surface area contributed by atoms with Crippen LogP contribution in [0.1, 0.15) is 18.5 Å². The molecule has 17 heavy (non-hydrogen) atoms. The molecule has 2 rings (SSSR count). The smallest absolute Gasteiger partial charge is 0.306 e. The number of piperidine rings is 1. The van der Waals surface area contributed by atoms with Crippen LogP contribution in [0.2, 0.25) is 0 Å². The van der Waals surface area contributed by atoms with Gasteiger partial charge in [-0.25, -0.2) is 4.98 Å². The van der Waals surface area contributed by atoms with Gasteiger partial charge >= 0.3 is 5.97 Å². The highest BCUT2D eigenvalue weighted by Crippen LogP contribution is 2.24. The molecule has 0 unspecified atom stereocenters. The van der Waals surface area contributed by atoms with Crippen LogP contribution in [0, 0.1) is 12.8 Å². The van der Waals surface area contributed by atoms with Crippen molar-refractivity contribution in [2.45, 2.75) is 19.8 Å². The summed E-state index contributed by atoms with van der Waals surface area (Å²) < 4.78 is 1.00. The monoisotopic (exact) mass is 298 g/mol. The molecule has 1 N–H and O–H groups in total. The average Bonchev–Trinajstić information content (AvgIpc) is 2.33. The second-order valence-corrected chi connectivity index (χ2v) is 5.19. The molecule has 1 aliphatic rings. The van der Waals surface area contributed by atoms with Gasteiger partial charge in [-0.1, -0.05) is 0 Å². The number of aryl methyl sites for hydroxylation is 1. The Bertz CT molecular complexity index is 429. The van der Waals surface area contributed by atoms with Crippen LogP contribution in [0.5, 0.6) is 0 Å². The van der Waals surface area contributed by atoms with Crippen molar-refractivity contribution in [2.75, 3.05) is 18.0 Å². The van der Waals surface area contributed by atoms with E-state index < -0.39 is 5.97 Å². The fourth-order valence-electron chi connectivity index (χ4n) is 2.06. The zero-order chi connectivity index (χ0) is 12.4. The second-order valence-electron chi connectivity index (χ2n) is 4.34. The molecule has 2 heterocycles. The van der Waals surface area contributed by atoms with Crippen molar-refractivity contribution in [1.82, 2.24) is 4.98 Å². The number of pyridine rings is 1. The van der Waals surface area contributed by atoms with Gasteiger partial charge in [0.2, 0.25) is 0 Å². The average molecular weight is 299 g/mol. The number of hydrogen-bond donors (Lipinski definition) is 1. The Hall–Kier alpha value is -1.10. The molecule has 0 aliphatic carbocycles. The number of hydrogen-bond acceptors (Lipinski definition) is 3. The highest BCUT2D eigenvalue weighted by molar-refractivity contribution is 9.10. The summed E-state index contributed by atoms with van der Waals surface area (Å²) in [5.41, 5.74) is 0.961. The van der Waals surface area contributed by atoms with Crippen LogP contribution in [-0.2, 0) is 4.79 Å². The summed E-state index contributed by atoms with van der Waals surface area (Å²) in [6, 6.07) is 3.96. The van der Waals surface area contributed by atoms with Crippen molar-refractivity contribution in [1.29, 1.82) is 0 Å². The number of rotatable bonds is 2. The van der Waals surface area contributed by atoms with E-state index in [0.29, 0.717) is 12.8 Å². The van der Waals surface area contributed by atoms with E-state index in [1.807, 2.05) is 19.1 Å². The summed E-state index contributed by atoms with van der Waals surface area (Å²) in [5.74, 6) is 0.0712. The summed E-state index contributed by atoms with van der Waals surface area (Å²) in [4.78, 5) is 17.5. The highest BCUT2D eigenvalue weighted by atomic mass is 79.9. The van der Waals surface area contributed by atoms with E-state index >= 15 is 0 Å². The van der Waals surface area contributed by atoms with E-state index in [0.717, 1.165) is 29.1 Å². The first kappa shape index (κ1) is 12.4. The number of halogens is 1. The van der Waals surface area contributed by atoms with E-state index in [4.69, 9.17) is 5.11 Å². The number of carbonyl (C=O) groups is 1. The van der Waals surface area contributed by atoms with Gasteiger partial charge in [0.15, 0.2) is 0 Å². The van der Waals surface area contributed by atoms with Gasteiger partial charge in [-0.15, -0.1) is 0 Å². The molecule has 1 aromatic heterocycles. The molecular weight excluding hydrogens is 284 g/mol. The van der Waals surface area contributed by atoms with Crippen molar-refractivity contribution >= 4 is 27.7 Å². The lowest BCUT2D eigenvalue weighted by atomic mass is 9.97. The molecule has 0 atom stereocenters. The van der Waals surface area contributed by atoms with Crippen molar-refractivity contribution in [3.05, 3.63) is 22.3 Å². The SMILES string of the molecule is Cc1nc(N2CCC(C(=O)O)CC2)ccc1Br. The Labute approximate surface area is 109 Å². The molecule has 0 bridgehead atoms. The van der Waals surface area contributed by atoms with E-state index in [1.54, 1.807) is 0 Å². The Morgan fingerprint density at radius 2 is 2.12 bits per heavy atom. The van der Waals surface area contributed by atoms with E-state index in [1.165, 1.54) is 0 Å². The number of carboxylic acids is 1. The quantitative estimate of drug-likeness (QED) is 0.911. The molecule has 92 valence electrons. The third kappa shape index (κ3) is 2.77. The lowest BCUT2D eigenvalue weighted by Crippen LogP contribution is -2.36. The summed E-state index contributed by atoms with van der Waals surface area (Å²) in [5, 5.41) is 8.94. The molecule has 0 spiro atoms. The Morgan fingerprint density at radius 3 is 2.65 bits per heavy atom. The highest BCUT2D eigenvalue weighted by Gasteiger charge is 2.25. The third-order valence-corrected chi connectivity index (χ3v) is 4.01. The maximum Gasteiger partial charge on any atom is 0.306 e. The number of aliphatic carboxylic acids is 1. The molecule has 0 saturated carbocycles. The van der Waals surface area contributed by atoms with Crippen molar-refractivity contribution in [3.63, 3.8) is 0 Å². The van der Waals surface area contributed by atoms with E-state index in [-0.39, 0.29) is 5.92 Å². The standard InChI is InChI=1S/C12H15BrN2O2/c1-8-10(13)2-3-11(14-8)15-6-4-9(5-7-15)12(16)17/h2-3,9H,4-7H2,1H3,(H,16,17). The Balaban J connectivity index is 2.05. The van der Waals surface area contributed by atoms with Gasteiger partial charge in [0.05, 0.1) is 11.6 Å². The van der Waals surface area contributed by atoms with Gasteiger partial charge in [0, 0.05) is 17.6 Å². The van der Waals surface area contributed by atoms with Crippen molar-refractivity contribution in [2.24, 2.45) is 5.92 Å². The molecule has 0 aromatic carbocycles. The maximum absolute atomic E-state index is 10.9. The zero-order valence-electron chi connectivity index (χ0n) is 9.69. The summed E-state index contributed by atoms with van der Waals surface area (Å²) >= 11 is 3.42. The fourth-order valence-corrected chi connectivity index (χ4v) is 2.28. The van der Waals surface area contributed by atoms with Crippen molar-refractivity contribution in [3.8, 4) is 0 Å². The molecular formula is C12H15BrN2O2. The topological polar surface area (TPSA) is 53.4 Å². The van der Waals surface area contributed by atoms with Crippen LogP contribution in [0.4, 0.5) is 5.82 Å². The van der Waals surface area contributed by atoms with Crippen LogP contribution in [0.15, 0.2) is 16.6 Å². The predicted molar refractivity (Wildman–Crippen MR) is 69.2 cm³/mol. The zero-order valence-corrected chi connectivity index (χ0v) is 11.3. The number of carboxylic acid groups (broad SMARTS) is 1. The minimum atomic E-state index is -0.676.